The quantitative estimate of drug-likeness (QED) is 0.649. The normalized spacial score (nSPS) is 20.9. The maximum atomic E-state index is 13.3. The Hall–Kier alpha value is -0.0236. The third-order valence-corrected chi connectivity index (χ3v) is 5.23. The number of β-amino-alcohol motifs (C(OH)–C–C–N with tert-alkyl or cyclic N) is 1. The van der Waals surface area contributed by atoms with Gasteiger partial charge in [-0.15, -0.1) is 0 Å². The maximum absolute atomic E-state index is 13.3. The summed E-state index contributed by atoms with van der Waals surface area (Å²) in [7, 11) is 0. The van der Waals surface area contributed by atoms with Crippen LogP contribution in [-0.4, -0.2) is 34.7 Å². The average molecular weight is 436 g/mol. The Kier molecular flexibility index (Phi) is 8.31. The molecule has 138 valence electrons. The van der Waals surface area contributed by atoms with Gasteiger partial charge in [0.25, 0.3) is 0 Å². The van der Waals surface area contributed by atoms with E-state index in [2.05, 4.69) is 0 Å². The van der Waals surface area contributed by atoms with Crippen molar-refractivity contribution in [2.24, 2.45) is 0 Å². The molecule has 0 aromatic heterocycles. The maximum Gasteiger partial charge on any atom is 1.00 e. The number of aliphatic hydroxyl groups is 1. The number of carbonyl (C=O) groups is 1. The Bertz CT molecular complexity index is 821. The molecule has 0 radical (unpaired) electrons. The van der Waals surface area contributed by atoms with Gasteiger partial charge < -0.3 is 15.0 Å². The Labute approximate surface area is 209 Å². The van der Waals surface area contributed by atoms with Crippen LogP contribution in [0, 0.1) is 5.82 Å². The summed E-state index contributed by atoms with van der Waals surface area (Å²) in [6, 6.07) is 9.57. The number of hydrogen-bond donors (Lipinski definition) is 1. The van der Waals surface area contributed by atoms with E-state index in [1.54, 1.807) is 17.0 Å². The van der Waals surface area contributed by atoms with E-state index in [0.29, 0.717) is 24.4 Å². The summed E-state index contributed by atoms with van der Waals surface area (Å²) in [5.74, 6) is -1.88. The van der Waals surface area contributed by atoms with Gasteiger partial charge in [-0.25, -0.2) is 4.39 Å². The van der Waals surface area contributed by atoms with Crippen molar-refractivity contribution in [3.63, 3.8) is 0 Å². The molecule has 2 aromatic carbocycles. The average Bonchev–Trinajstić information content (AvgIpc) is 2.93. The third kappa shape index (κ3) is 5.75. The molecule has 8 heteroatoms. The van der Waals surface area contributed by atoms with Crippen LogP contribution in [0.15, 0.2) is 42.5 Å². The van der Waals surface area contributed by atoms with Crippen LogP contribution in [0.4, 0.5) is 4.39 Å². The molecular weight excluding hydrogens is 419 g/mol. The third-order valence-electron chi connectivity index (χ3n) is 4.65. The number of carbonyl (C=O) groups excluding carboxylic acids is 1. The van der Waals surface area contributed by atoms with Gasteiger partial charge in [-0.3, -0.25) is 4.90 Å². The molecule has 1 aliphatic heterocycles. The first-order chi connectivity index (χ1) is 12.3. The Morgan fingerprint density at radius 1 is 1.26 bits per heavy atom. The van der Waals surface area contributed by atoms with Crippen LogP contribution in [-0.2, 0) is 11.2 Å². The van der Waals surface area contributed by atoms with Gasteiger partial charge in [0, 0.05) is 29.6 Å². The molecule has 2 aromatic rings. The standard InChI is InChI=1S/C19H18Cl2FNO3.K/c20-13-3-1-12(2-4-13)10-19(26)7-8-23(11-19)17(18(24)25)15-6-5-14(22)9-16(15)21;/h1-6,9,17,26H,7-8,10-11H2,(H,24,25);/q;+1/p-1. The van der Waals surface area contributed by atoms with Crippen molar-refractivity contribution in [3.05, 3.63) is 69.5 Å². The van der Waals surface area contributed by atoms with Crippen LogP contribution in [0.3, 0.4) is 0 Å². The predicted molar refractivity (Wildman–Crippen MR) is 95.5 cm³/mol. The number of rotatable bonds is 5. The van der Waals surface area contributed by atoms with Crippen LogP contribution in [0.1, 0.15) is 23.6 Å². The van der Waals surface area contributed by atoms with Crippen molar-refractivity contribution < 1.29 is 70.8 Å². The number of likely N-dealkylation sites (tertiary alicyclic amines) is 1. The van der Waals surface area contributed by atoms with Crippen LogP contribution in [0.25, 0.3) is 0 Å². The van der Waals surface area contributed by atoms with Gasteiger partial charge in [0.1, 0.15) is 5.82 Å². The van der Waals surface area contributed by atoms with Gasteiger partial charge in [-0.1, -0.05) is 41.4 Å². The van der Waals surface area contributed by atoms with Gasteiger partial charge in [0.15, 0.2) is 0 Å². The molecule has 0 saturated carbocycles. The Morgan fingerprint density at radius 3 is 2.52 bits per heavy atom. The Morgan fingerprint density at radius 2 is 1.93 bits per heavy atom. The molecule has 0 bridgehead atoms. The molecule has 27 heavy (non-hydrogen) atoms. The van der Waals surface area contributed by atoms with Gasteiger partial charge in [-0.2, -0.15) is 0 Å². The summed E-state index contributed by atoms with van der Waals surface area (Å²) in [4.78, 5) is 13.3. The molecule has 0 aliphatic carbocycles. The molecule has 1 N–H and O–H groups in total. The second kappa shape index (κ2) is 9.65. The summed E-state index contributed by atoms with van der Waals surface area (Å²) in [6.45, 7) is 0.498. The van der Waals surface area contributed by atoms with Crippen LogP contribution in [0.5, 0.6) is 0 Å². The molecule has 3 rings (SSSR count). The summed E-state index contributed by atoms with van der Waals surface area (Å²) in [5.41, 5.74) is 0.0842. The van der Waals surface area contributed by atoms with E-state index in [-0.39, 0.29) is 68.5 Å². The fourth-order valence-corrected chi connectivity index (χ4v) is 3.83. The molecular formula is C19H17Cl2FKNO3. The molecule has 1 aliphatic rings. The number of nitrogens with zero attached hydrogens (tertiary/aromatic N) is 1. The van der Waals surface area contributed by atoms with Crippen molar-refractivity contribution in [1.29, 1.82) is 0 Å². The Balaban J connectivity index is 0.00000261. The van der Waals surface area contributed by atoms with Crippen LogP contribution >= 0.6 is 23.2 Å². The molecule has 1 fully saturated rings. The smallest absolute Gasteiger partial charge is 0.548 e. The largest absolute Gasteiger partial charge is 1.00 e. The number of benzene rings is 2. The SMILES string of the molecule is O=C([O-])C(c1ccc(F)cc1Cl)N1CCC(O)(Cc2ccc(Cl)cc2)C1.[K+]. The van der Waals surface area contributed by atoms with E-state index < -0.39 is 23.4 Å². The zero-order valence-corrected chi connectivity index (χ0v) is 19.4. The number of halogens is 3. The zero-order chi connectivity index (χ0) is 18.9. The molecule has 1 heterocycles. The summed E-state index contributed by atoms with van der Waals surface area (Å²) in [6.07, 6.45) is 0.774. The molecule has 4 nitrogen and oxygen atoms in total. The number of carboxylic acid groups (broad SMARTS) is 1. The van der Waals surface area contributed by atoms with Gasteiger partial charge in [-0.05, 0) is 41.8 Å². The topological polar surface area (TPSA) is 63.6 Å². The minimum atomic E-state index is -1.34. The first kappa shape index (κ1) is 23.3. The molecule has 2 atom stereocenters. The first-order valence-corrected chi connectivity index (χ1v) is 8.90. The summed E-state index contributed by atoms with van der Waals surface area (Å²) < 4.78 is 13.3. The second-order valence-electron chi connectivity index (χ2n) is 6.64. The predicted octanol–water partition coefficient (Wildman–Crippen LogP) is -0.393. The van der Waals surface area contributed by atoms with E-state index >= 15 is 0 Å². The molecule has 0 spiro atoms. The van der Waals surface area contributed by atoms with E-state index in [0.717, 1.165) is 17.7 Å². The zero-order valence-electron chi connectivity index (χ0n) is 14.8. The monoisotopic (exact) mass is 435 g/mol. The fourth-order valence-electron chi connectivity index (χ4n) is 3.43. The van der Waals surface area contributed by atoms with Crippen molar-refractivity contribution >= 4 is 29.2 Å². The minimum Gasteiger partial charge on any atom is -0.548 e. The number of hydrogen-bond acceptors (Lipinski definition) is 4. The fraction of sp³-hybridized carbons (Fsp3) is 0.316. The van der Waals surface area contributed by atoms with Crippen molar-refractivity contribution in [1.82, 2.24) is 4.90 Å². The second-order valence-corrected chi connectivity index (χ2v) is 7.48. The van der Waals surface area contributed by atoms with Gasteiger partial charge in [0.2, 0.25) is 0 Å². The van der Waals surface area contributed by atoms with E-state index in [9.17, 15) is 19.4 Å². The van der Waals surface area contributed by atoms with Gasteiger partial charge in [0.05, 0.1) is 17.6 Å². The minimum absolute atomic E-state index is 0. The molecule has 1 saturated heterocycles. The number of carboxylic acids is 1. The van der Waals surface area contributed by atoms with E-state index in [1.165, 1.54) is 6.07 Å². The van der Waals surface area contributed by atoms with Gasteiger partial charge >= 0.3 is 51.4 Å². The summed E-state index contributed by atoms with van der Waals surface area (Å²) in [5, 5.41) is 23.3. The van der Waals surface area contributed by atoms with Crippen molar-refractivity contribution in [2.45, 2.75) is 24.5 Å². The van der Waals surface area contributed by atoms with Crippen LogP contribution in [0.2, 0.25) is 10.0 Å². The van der Waals surface area contributed by atoms with E-state index in [1.807, 2.05) is 12.1 Å². The first-order valence-electron chi connectivity index (χ1n) is 8.14. The van der Waals surface area contributed by atoms with Crippen LogP contribution < -0.4 is 56.5 Å². The molecule has 0 amide bonds. The van der Waals surface area contributed by atoms with E-state index in [4.69, 9.17) is 23.2 Å². The van der Waals surface area contributed by atoms with Crippen molar-refractivity contribution in [3.8, 4) is 0 Å². The summed E-state index contributed by atoms with van der Waals surface area (Å²) >= 11 is 11.9. The molecule has 2 unspecified atom stereocenters. The number of aliphatic carboxylic acids is 1. The van der Waals surface area contributed by atoms with Crippen molar-refractivity contribution in [2.75, 3.05) is 13.1 Å².